The summed E-state index contributed by atoms with van der Waals surface area (Å²) < 4.78 is 32.7. The number of nitro benzene ring substituents is 1. The average Bonchev–Trinajstić information content (AvgIpc) is 2.69. The van der Waals surface area contributed by atoms with E-state index in [1.54, 1.807) is 0 Å². The van der Waals surface area contributed by atoms with E-state index in [0.29, 0.717) is 5.69 Å². The van der Waals surface area contributed by atoms with Crippen molar-refractivity contribution in [3.05, 3.63) is 58.6 Å². The molecule has 0 saturated heterocycles. The summed E-state index contributed by atoms with van der Waals surface area (Å²) in [4.78, 5) is 22.1. The molecule has 0 heterocycles. The molecule has 0 aromatic heterocycles. The number of carbonyl (C=O) groups is 1. The van der Waals surface area contributed by atoms with Gasteiger partial charge in [-0.2, -0.15) is 0 Å². The van der Waals surface area contributed by atoms with Gasteiger partial charge in [0, 0.05) is 23.9 Å². The minimum absolute atomic E-state index is 0.0387. The van der Waals surface area contributed by atoms with Gasteiger partial charge in [-0.3, -0.25) is 15.4 Å². The van der Waals surface area contributed by atoms with Crippen LogP contribution in [0.25, 0.3) is 0 Å². The van der Waals surface area contributed by atoms with E-state index in [2.05, 4.69) is 10.0 Å². The second kappa shape index (κ2) is 9.01. The number of hydrogen-bond donors (Lipinski definition) is 2. The summed E-state index contributed by atoms with van der Waals surface area (Å²) >= 11 is 0. The van der Waals surface area contributed by atoms with Crippen molar-refractivity contribution in [2.45, 2.75) is 43.0 Å². The Morgan fingerprint density at radius 3 is 2.21 bits per heavy atom. The second-order valence-corrected chi connectivity index (χ2v) is 8.46. The van der Waals surface area contributed by atoms with Crippen molar-refractivity contribution in [2.75, 3.05) is 5.32 Å². The van der Waals surface area contributed by atoms with Gasteiger partial charge in [0.05, 0.1) is 9.82 Å². The van der Waals surface area contributed by atoms with E-state index in [9.17, 15) is 23.3 Å². The summed E-state index contributed by atoms with van der Waals surface area (Å²) in [5.41, 5.74) is 0.241. The first-order chi connectivity index (χ1) is 13.8. The molecule has 1 saturated carbocycles. The number of nitrogens with one attached hydrogen (secondary N) is 2. The molecule has 0 radical (unpaired) electrons. The van der Waals surface area contributed by atoms with Crippen LogP contribution in [0, 0.1) is 10.1 Å². The summed E-state index contributed by atoms with van der Waals surface area (Å²) in [6, 6.07) is 10.8. The Bertz CT molecular complexity index is 968. The number of benzene rings is 2. The van der Waals surface area contributed by atoms with E-state index in [1.807, 2.05) is 0 Å². The summed E-state index contributed by atoms with van der Waals surface area (Å²) in [5, 5.41) is 13.1. The Balaban J connectivity index is 1.57. The van der Waals surface area contributed by atoms with Crippen molar-refractivity contribution in [1.29, 1.82) is 0 Å². The van der Waals surface area contributed by atoms with Gasteiger partial charge in [-0.25, -0.2) is 17.9 Å². The van der Waals surface area contributed by atoms with Gasteiger partial charge in [-0.05, 0) is 49.2 Å². The number of ether oxygens (including phenoxy) is 1. The lowest BCUT2D eigenvalue weighted by Crippen LogP contribution is -2.36. The smallest absolute Gasteiger partial charge is 0.410 e. The van der Waals surface area contributed by atoms with Gasteiger partial charge in [0.2, 0.25) is 10.0 Å². The average molecular weight is 419 g/mol. The largest absolute Gasteiger partial charge is 0.417 e. The SMILES string of the molecule is O=C(Nc1ccc(S(=O)(=O)NC2CCCCC2)cc1)Oc1ccc([N+](=O)[O-])cc1. The number of amides is 1. The van der Waals surface area contributed by atoms with E-state index in [0.717, 1.165) is 32.1 Å². The van der Waals surface area contributed by atoms with Crippen LogP contribution in [-0.4, -0.2) is 25.5 Å². The third-order valence-electron chi connectivity index (χ3n) is 4.60. The first-order valence-corrected chi connectivity index (χ1v) is 10.7. The first-order valence-electron chi connectivity index (χ1n) is 9.19. The molecule has 1 amide bonds. The van der Waals surface area contributed by atoms with Crippen LogP contribution >= 0.6 is 0 Å². The highest BCUT2D eigenvalue weighted by Gasteiger charge is 2.21. The molecule has 0 aliphatic heterocycles. The molecule has 1 aliphatic rings. The maximum Gasteiger partial charge on any atom is 0.417 e. The normalized spacial score (nSPS) is 14.9. The number of non-ortho nitro benzene ring substituents is 1. The minimum atomic E-state index is -3.61. The summed E-state index contributed by atoms with van der Waals surface area (Å²) in [6.07, 6.45) is 4.06. The third kappa shape index (κ3) is 5.75. The van der Waals surface area contributed by atoms with E-state index in [4.69, 9.17) is 4.74 Å². The molecule has 0 spiro atoms. The standard InChI is InChI=1S/C19H21N3O6S/c23-19(28-17-10-8-16(9-11-17)22(24)25)20-14-6-12-18(13-7-14)29(26,27)21-15-4-2-1-3-5-15/h6-13,15,21H,1-5H2,(H,20,23). The highest BCUT2D eigenvalue weighted by atomic mass is 32.2. The van der Waals surface area contributed by atoms with Crippen LogP contribution in [0.2, 0.25) is 0 Å². The zero-order chi connectivity index (χ0) is 20.9. The number of nitrogens with zero attached hydrogens (tertiary/aromatic N) is 1. The number of nitro groups is 1. The number of sulfonamides is 1. The molecular formula is C19H21N3O6S. The van der Waals surface area contributed by atoms with Crippen LogP contribution in [0.4, 0.5) is 16.2 Å². The molecule has 2 aromatic carbocycles. The van der Waals surface area contributed by atoms with Crippen LogP contribution < -0.4 is 14.8 Å². The Morgan fingerprint density at radius 1 is 1.00 bits per heavy atom. The first kappa shape index (κ1) is 20.7. The number of anilines is 1. The van der Waals surface area contributed by atoms with Crippen molar-refractivity contribution in [3.8, 4) is 5.75 Å². The van der Waals surface area contributed by atoms with E-state index >= 15 is 0 Å². The Morgan fingerprint density at radius 2 is 1.62 bits per heavy atom. The zero-order valence-corrected chi connectivity index (χ0v) is 16.4. The lowest BCUT2D eigenvalue weighted by atomic mass is 9.96. The topological polar surface area (TPSA) is 128 Å². The number of rotatable bonds is 6. The molecule has 10 heteroatoms. The maximum absolute atomic E-state index is 12.5. The van der Waals surface area contributed by atoms with Crippen molar-refractivity contribution < 1.29 is 22.9 Å². The Labute approximate surface area is 168 Å². The molecule has 154 valence electrons. The predicted molar refractivity (Wildman–Crippen MR) is 106 cm³/mol. The lowest BCUT2D eigenvalue weighted by Gasteiger charge is -2.22. The quantitative estimate of drug-likeness (QED) is 0.541. The molecule has 1 fully saturated rings. The van der Waals surface area contributed by atoms with E-state index in [1.165, 1.54) is 48.5 Å². The van der Waals surface area contributed by atoms with Gasteiger partial charge in [0.1, 0.15) is 5.75 Å². The summed E-state index contributed by atoms with van der Waals surface area (Å²) in [5.74, 6) is 0.143. The van der Waals surface area contributed by atoms with E-state index < -0.39 is 21.0 Å². The molecular weight excluding hydrogens is 398 g/mol. The zero-order valence-electron chi connectivity index (χ0n) is 15.5. The fourth-order valence-corrected chi connectivity index (χ4v) is 4.42. The summed E-state index contributed by atoms with van der Waals surface area (Å²) in [7, 11) is -3.61. The molecule has 0 unspecified atom stereocenters. The number of carbonyl (C=O) groups excluding carboxylic acids is 1. The van der Waals surface area contributed by atoms with Crippen molar-refractivity contribution in [3.63, 3.8) is 0 Å². The van der Waals surface area contributed by atoms with Gasteiger partial charge < -0.3 is 4.74 Å². The Hall–Kier alpha value is -2.98. The molecule has 3 rings (SSSR count). The van der Waals surface area contributed by atoms with Gasteiger partial charge in [0.25, 0.3) is 5.69 Å². The minimum Gasteiger partial charge on any atom is -0.410 e. The highest BCUT2D eigenvalue weighted by Crippen LogP contribution is 2.21. The van der Waals surface area contributed by atoms with Gasteiger partial charge >= 0.3 is 6.09 Å². The Kier molecular flexibility index (Phi) is 6.45. The molecule has 9 nitrogen and oxygen atoms in total. The van der Waals surface area contributed by atoms with Crippen LogP contribution in [0.1, 0.15) is 32.1 Å². The van der Waals surface area contributed by atoms with Crippen molar-refractivity contribution >= 4 is 27.5 Å². The van der Waals surface area contributed by atoms with Crippen molar-refractivity contribution in [1.82, 2.24) is 4.72 Å². The fourth-order valence-electron chi connectivity index (χ4n) is 3.11. The van der Waals surface area contributed by atoms with Crippen molar-refractivity contribution in [2.24, 2.45) is 0 Å². The second-order valence-electron chi connectivity index (χ2n) is 6.75. The monoisotopic (exact) mass is 419 g/mol. The molecule has 0 atom stereocenters. The predicted octanol–water partition coefficient (Wildman–Crippen LogP) is 3.82. The fraction of sp³-hybridized carbons (Fsp3) is 0.316. The van der Waals surface area contributed by atoms with Crippen LogP contribution in [0.15, 0.2) is 53.4 Å². The third-order valence-corrected chi connectivity index (χ3v) is 6.13. The van der Waals surface area contributed by atoms with Gasteiger partial charge in [0.15, 0.2) is 0 Å². The number of hydrogen-bond acceptors (Lipinski definition) is 6. The van der Waals surface area contributed by atoms with Crippen LogP contribution in [0.5, 0.6) is 5.75 Å². The highest BCUT2D eigenvalue weighted by molar-refractivity contribution is 7.89. The molecule has 2 aromatic rings. The lowest BCUT2D eigenvalue weighted by molar-refractivity contribution is -0.384. The molecule has 0 bridgehead atoms. The molecule has 29 heavy (non-hydrogen) atoms. The van der Waals surface area contributed by atoms with Crippen LogP contribution in [0.3, 0.4) is 0 Å². The molecule has 1 aliphatic carbocycles. The van der Waals surface area contributed by atoms with Gasteiger partial charge in [-0.1, -0.05) is 19.3 Å². The summed E-state index contributed by atoms with van der Waals surface area (Å²) in [6.45, 7) is 0. The van der Waals surface area contributed by atoms with Crippen LogP contribution in [-0.2, 0) is 10.0 Å². The van der Waals surface area contributed by atoms with E-state index in [-0.39, 0.29) is 22.4 Å². The molecule has 2 N–H and O–H groups in total. The maximum atomic E-state index is 12.5. The van der Waals surface area contributed by atoms with Gasteiger partial charge in [-0.15, -0.1) is 0 Å².